The lowest BCUT2D eigenvalue weighted by atomic mass is 9.92. The van der Waals surface area contributed by atoms with E-state index in [9.17, 15) is 9.90 Å². The van der Waals surface area contributed by atoms with E-state index in [1.165, 1.54) is 5.56 Å². The van der Waals surface area contributed by atoms with Crippen molar-refractivity contribution in [3.63, 3.8) is 0 Å². The van der Waals surface area contributed by atoms with Crippen molar-refractivity contribution in [2.24, 2.45) is 5.92 Å². The quantitative estimate of drug-likeness (QED) is 0.734. The maximum absolute atomic E-state index is 11.8. The van der Waals surface area contributed by atoms with Crippen LogP contribution in [0.2, 0.25) is 0 Å². The molecule has 0 aliphatic rings. The van der Waals surface area contributed by atoms with E-state index < -0.39 is 12.0 Å². The minimum atomic E-state index is -0.626. The Hall–Kier alpha value is -1.35. The number of aliphatic hydroxyl groups excluding tert-OH is 1. The number of ether oxygens (including phenoxy) is 1. The van der Waals surface area contributed by atoms with Crippen LogP contribution in [0.4, 0.5) is 0 Å². The topological polar surface area (TPSA) is 46.5 Å². The molecule has 2 atom stereocenters. The number of hydrogen-bond donors (Lipinski definition) is 1. The Bertz CT molecular complexity index is 362. The number of aliphatic hydroxyl groups is 1. The molecule has 0 saturated heterocycles. The molecule has 0 amide bonds. The number of carbonyl (C=O) groups excluding carboxylic acids is 1. The molecule has 0 saturated carbocycles. The van der Waals surface area contributed by atoms with Gasteiger partial charge in [-0.05, 0) is 31.7 Å². The zero-order valence-electron chi connectivity index (χ0n) is 11.8. The van der Waals surface area contributed by atoms with Crippen LogP contribution in [0.3, 0.4) is 0 Å². The van der Waals surface area contributed by atoms with E-state index in [-0.39, 0.29) is 5.97 Å². The standard InChI is InChI=1S/C16H24O3/c1-3-8-14(16(18)19-4-2)15(17)12-11-13-9-6-5-7-10-13/h5-7,9-10,14-15,17H,3-4,8,11-12H2,1-2H3. The van der Waals surface area contributed by atoms with Crippen molar-refractivity contribution in [1.82, 2.24) is 0 Å². The van der Waals surface area contributed by atoms with Crippen LogP contribution in [0, 0.1) is 5.92 Å². The minimum Gasteiger partial charge on any atom is -0.466 e. The van der Waals surface area contributed by atoms with Crippen LogP contribution in [-0.2, 0) is 16.0 Å². The predicted molar refractivity (Wildman–Crippen MR) is 75.8 cm³/mol. The van der Waals surface area contributed by atoms with Crippen LogP contribution in [0.5, 0.6) is 0 Å². The molecule has 1 aromatic carbocycles. The Labute approximate surface area is 115 Å². The first kappa shape index (κ1) is 15.7. The van der Waals surface area contributed by atoms with Gasteiger partial charge in [-0.3, -0.25) is 4.79 Å². The van der Waals surface area contributed by atoms with E-state index in [0.717, 1.165) is 12.8 Å². The summed E-state index contributed by atoms with van der Waals surface area (Å²) < 4.78 is 5.03. The molecule has 0 bridgehead atoms. The van der Waals surface area contributed by atoms with Crippen molar-refractivity contribution in [2.45, 2.75) is 45.6 Å². The van der Waals surface area contributed by atoms with Crippen LogP contribution in [0.1, 0.15) is 38.7 Å². The summed E-state index contributed by atoms with van der Waals surface area (Å²) in [7, 11) is 0. The zero-order chi connectivity index (χ0) is 14.1. The highest BCUT2D eigenvalue weighted by Crippen LogP contribution is 2.18. The number of hydrogen-bond acceptors (Lipinski definition) is 3. The maximum Gasteiger partial charge on any atom is 0.311 e. The van der Waals surface area contributed by atoms with Crippen LogP contribution in [0.25, 0.3) is 0 Å². The van der Waals surface area contributed by atoms with Gasteiger partial charge in [0, 0.05) is 0 Å². The number of benzene rings is 1. The average Bonchev–Trinajstić information content (AvgIpc) is 2.43. The smallest absolute Gasteiger partial charge is 0.311 e. The monoisotopic (exact) mass is 264 g/mol. The summed E-state index contributed by atoms with van der Waals surface area (Å²) in [5, 5.41) is 10.2. The molecule has 1 rings (SSSR count). The van der Waals surface area contributed by atoms with Gasteiger partial charge in [-0.15, -0.1) is 0 Å². The Morgan fingerprint density at radius 2 is 1.89 bits per heavy atom. The molecule has 0 radical (unpaired) electrons. The average molecular weight is 264 g/mol. The first-order valence-corrected chi connectivity index (χ1v) is 7.07. The molecule has 106 valence electrons. The van der Waals surface area contributed by atoms with E-state index in [2.05, 4.69) is 0 Å². The largest absolute Gasteiger partial charge is 0.466 e. The van der Waals surface area contributed by atoms with Crippen LogP contribution >= 0.6 is 0 Å². The van der Waals surface area contributed by atoms with Gasteiger partial charge in [0.2, 0.25) is 0 Å². The second kappa shape index (κ2) is 8.70. The van der Waals surface area contributed by atoms with Gasteiger partial charge < -0.3 is 9.84 Å². The van der Waals surface area contributed by atoms with Gasteiger partial charge in [0.25, 0.3) is 0 Å². The third-order valence-corrected chi connectivity index (χ3v) is 3.23. The molecule has 0 aliphatic carbocycles. The number of rotatable bonds is 8. The summed E-state index contributed by atoms with van der Waals surface area (Å²) in [6.45, 7) is 4.16. The fourth-order valence-corrected chi connectivity index (χ4v) is 2.19. The van der Waals surface area contributed by atoms with Gasteiger partial charge in [0.05, 0.1) is 18.6 Å². The van der Waals surface area contributed by atoms with Crippen LogP contribution in [0.15, 0.2) is 30.3 Å². The van der Waals surface area contributed by atoms with Crippen LogP contribution < -0.4 is 0 Å². The molecular weight excluding hydrogens is 240 g/mol. The summed E-state index contributed by atoms with van der Waals surface area (Å²) in [4.78, 5) is 11.8. The first-order chi connectivity index (χ1) is 9.19. The summed E-state index contributed by atoms with van der Waals surface area (Å²) in [5.41, 5.74) is 1.18. The second-order valence-electron chi connectivity index (χ2n) is 4.74. The predicted octanol–water partition coefficient (Wildman–Crippen LogP) is 2.96. The summed E-state index contributed by atoms with van der Waals surface area (Å²) in [6.07, 6.45) is 2.29. The molecule has 3 nitrogen and oxygen atoms in total. The molecule has 0 spiro atoms. The summed E-state index contributed by atoms with van der Waals surface area (Å²) in [5.74, 6) is -0.668. The second-order valence-corrected chi connectivity index (χ2v) is 4.74. The van der Waals surface area contributed by atoms with Crippen molar-refractivity contribution in [3.8, 4) is 0 Å². The summed E-state index contributed by atoms with van der Waals surface area (Å²) in [6, 6.07) is 10.0. The van der Waals surface area contributed by atoms with Crippen LogP contribution in [-0.4, -0.2) is 23.8 Å². The van der Waals surface area contributed by atoms with Gasteiger partial charge in [0.1, 0.15) is 0 Å². The highest BCUT2D eigenvalue weighted by Gasteiger charge is 2.26. The lowest BCUT2D eigenvalue weighted by Gasteiger charge is -2.20. The van der Waals surface area contributed by atoms with Crippen molar-refractivity contribution in [3.05, 3.63) is 35.9 Å². The third kappa shape index (κ3) is 5.43. The molecule has 0 aromatic heterocycles. The number of aryl methyl sites for hydroxylation is 1. The first-order valence-electron chi connectivity index (χ1n) is 7.07. The Morgan fingerprint density at radius 1 is 1.21 bits per heavy atom. The van der Waals surface area contributed by atoms with Gasteiger partial charge in [-0.1, -0.05) is 43.7 Å². The van der Waals surface area contributed by atoms with E-state index in [1.54, 1.807) is 6.92 Å². The molecule has 0 aliphatic heterocycles. The van der Waals surface area contributed by atoms with Gasteiger partial charge >= 0.3 is 5.97 Å². The minimum absolute atomic E-state index is 0.273. The van der Waals surface area contributed by atoms with Gasteiger partial charge in [-0.25, -0.2) is 0 Å². The molecule has 0 fully saturated rings. The molecular formula is C16H24O3. The molecule has 1 aromatic rings. The molecule has 1 N–H and O–H groups in total. The highest BCUT2D eigenvalue weighted by molar-refractivity contribution is 5.73. The third-order valence-electron chi connectivity index (χ3n) is 3.23. The fraction of sp³-hybridized carbons (Fsp3) is 0.562. The van der Waals surface area contributed by atoms with Crippen molar-refractivity contribution >= 4 is 5.97 Å². The number of esters is 1. The van der Waals surface area contributed by atoms with Crippen molar-refractivity contribution in [2.75, 3.05) is 6.61 Å². The lowest BCUT2D eigenvalue weighted by molar-refractivity contribution is -0.152. The maximum atomic E-state index is 11.8. The Kier molecular flexibility index (Phi) is 7.19. The van der Waals surface area contributed by atoms with E-state index in [0.29, 0.717) is 19.4 Å². The molecule has 3 heteroatoms. The van der Waals surface area contributed by atoms with Gasteiger partial charge in [-0.2, -0.15) is 0 Å². The van der Waals surface area contributed by atoms with Crippen molar-refractivity contribution in [1.29, 1.82) is 0 Å². The lowest BCUT2D eigenvalue weighted by Crippen LogP contribution is -2.30. The molecule has 2 unspecified atom stereocenters. The fourth-order valence-electron chi connectivity index (χ4n) is 2.19. The SMILES string of the molecule is CCCC(C(=O)OCC)C(O)CCc1ccccc1. The van der Waals surface area contributed by atoms with E-state index in [4.69, 9.17) is 4.74 Å². The summed E-state index contributed by atoms with van der Waals surface area (Å²) >= 11 is 0. The highest BCUT2D eigenvalue weighted by atomic mass is 16.5. The van der Waals surface area contributed by atoms with Gasteiger partial charge in [0.15, 0.2) is 0 Å². The Balaban J connectivity index is 2.52. The van der Waals surface area contributed by atoms with Crippen molar-refractivity contribution < 1.29 is 14.6 Å². The Morgan fingerprint density at radius 3 is 2.47 bits per heavy atom. The van der Waals surface area contributed by atoms with E-state index >= 15 is 0 Å². The molecule has 0 heterocycles. The zero-order valence-corrected chi connectivity index (χ0v) is 11.8. The molecule has 19 heavy (non-hydrogen) atoms. The van der Waals surface area contributed by atoms with E-state index in [1.807, 2.05) is 37.3 Å². The number of carbonyl (C=O) groups is 1. The normalized spacial score (nSPS) is 13.8.